The van der Waals surface area contributed by atoms with E-state index in [1.54, 1.807) is 59.6 Å². The lowest BCUT2D eigenvalue weighted by Crippen LogP contribution is -2.62. The van der Waals surface area contributed by atoms with Gasteiger partial charge in [-0.15, -0.1) is 6.58 Å². The molecule has 1 aliphatic rings. The number of hydrogen-bond donors (Lipinski definition) is 1. The molecule has 0 bridgehead atoms. The number of rotatable bonds is 6. The van der Waals surface area contributed by atoms with Crippen molar-refractivity contribution in [1.82, 2.24) is 0 Å². The van der Waals surface area contributed by atoms with E-state index in [0.717, 1.165) is 17.7 Å². The minimum absolute atomic E-state index is 0.186. The van der Waals surface area contributed by atoms with Crippen molar-refractivity contribution in [2.24, 2.45) is 5.92 Å². The zero-order chi connectivity index (χ0) is 23.6. The van der Waals surface area contributed by atoms with Gasteiger partial charge in [0.15, 0.2) is 0 Å². The van der Waals surface area contributed by atoms with Crippen molar-refractivity contribution in [3.8, 4) is 11.5 Å². The molecule has 0 amide bonds. The summed E-state index contributed by atoms with van der Waals surface area (Å²) in [5.74, 6) is 0.519. The van der Waals surface area contributed by atoms with Crippen LogP contribution in [0.2, 0.25) is 0 Å². The smallest absolute Gasteiger partial charge is 0.416 e. The zero-order valence-corrected chi connectivity index (χ0v) is 17.6. The van der Waals surface area contributed by atoms with Gasteiger partial charge in [0.2, 0.25) is 6.23 Å². The van der Waals surface area contributed by atoms with Gasteiger partial charge in [0.1, 0.15) is 24.0 Å². The number of halogens is 3. The van der Waals surface area contributed by atoms with Crippen LogP contribution in [0.15, 0.2) is 85.6 Å². The van der Waals surface area contributed by atoms with Crippen LogP contribution in [-0.2, 0) is 12.7 Å². The van der Waals surface area contributed by atoms with Gasteiger partial charge in [-0.25, -0.2) is 9.69 Å². The first-order valence-electron chi connectivity index (χ1n) is 10.3. The molecule has 2 aromatic carbocycles. The van der Waals surface area contributed by atoms with Crippen molar-refractivity contribution in [2.45, 2.75) is 25.4 Å². The average Bonchev–Trinajstić information content (AvgIpc) is 2.80. The van der Waals surface area contributed by atoms with Crippen LogP contribution in [0.5, 0.6) is 11.5 Å². The Morgan fingerprint density at radius 3 is 2.27 bits per heavy atom. The van der Waals surface area contributed by atoms with Crippen LogP contribution < -0.4 is 14.2 Å². The summed E-state index contributed by atoms with van der Waals surface area (Å²) in [7, 11) is 0. The van der Waals surface area contributed by atoms with Crippen LogP contribution in [0, 0.1) is 5.92 Å². The maximum atomic E-state index is 12.8. The highest BCUT2D eigenvalue weighted by atomic mass is 19.4. The number of benzene rings is 2. The molecule has 5 nitrogen and oxygen atoms in total. The highest BCUT2D eigenvalue weighted by molar-refractivity contribution is 5.75. The van der Waals surface area contributed by atoms with E-state index in [4.69, 9.17) is 4.74 Å². The summed E-state index contributed by atoms with van der Waals surface area (Å²) in [4.78, 5) is 14.5. The van der Waals surface area contributed by atoms with Crippen molar-refractivity contribution in [2.75, 3.05) is 4.90 Å². The average molecular weight is 455 g/mol. The molecule has 8 heteroatoms. The fourth-order valence-corrected chi connectivity index (χ4v) is 3.80. The predicted octanol–water partition coefficient (Wildman–Crippen LogP) is 4.96. The minimum Gasteiger partial charge on any atom is -0.457 e. The van der Waals surface area contributed by atoms with Gasteiger partial charge in [-0.3, -0.25) is 0 Å². The summed E-state index contributed by atoms with van der Waals surface area (Å²) in [5, 5.41) is 10.9. The first-order valence-corrected chi connectivity index (χ1v) is 10.3. The van der Waals surface area contributed by atoms with Crippen molar-refractivity contribution in [3.05, 3.63) is 96.7 Å². The van der Waals surface area contributed by atoms with Crippen molar-refractivity contribution < 1.29 is 32.4 Å². The number of pyridine rings is 1. The Balaban J connectivity index is 1.51. The number of nitrogens with zero attached hydrogens (tertiary/aromatic N) is 2. The van der Waals surface area contributed by atoms with Crippen molar-refractivity contribution in [3.63, 3.8) is 0 Å². The van der Waals surface area contributed by atoms with Crippen LogP contribution in [0.4, 0.5) is 19.0 Å². The largest absolute Gasteiger partial charge is 0.457 e. The number of fused-ring (bicyclic) bond motifs is 1. The number of aliphatic hydroxyl groups is 1. The van der Waals surface area contributed by atoms with Gasteiger partial charge in [-0.1, -0.05) is 24.3 Å². The summed E-state index contributed by atoms with van der Waals surface area (Å²) in [6.45, 7) is 4.03. The van der Waals surface area contributed by atoms with E-state index in [1.165, 1.54) is 16.7 Å². The van der Waals surface area contributed by atoms with E-state index >= 15 is 0 Å². The fraction of sp³-hybridized carbons (Fsp3) is 0.200. The SMILES string of the molecule is C=CCC1C(=O)[n+]2ccccc2N(Cc2ccc(Oc3ccc(C(F)(F)F)cc3)cc2)C1O. The monoisotopic (exact) mass is 455 g/mol. The molecule has 2 unspecified atom stereocenters. The summed E-state index contributed by atoms with van der Waals surface area (Å²) in [5.41, 5.74) is 0.118. The molecular weight excluding hydrogens is 433 g/mol. The molecule has 1 N–H and O–H groups in total. The first kappa shape index (κ1) is 22.5. The molecule has 1 aliphatic heterocycles. The van der Waals surface area contributed by atoms with Crippen LogP contribution >= 0.6 is 0 Å². The Labute approximate surface area is 189 Å². The van der Waals surface area contributed by atoms with E-state index in [-0.39, 0.29) is 5.91 Å². The van der Waals surface area contributed by atoms with Gasteiger partial charge in [0.25, 0.3) is 5.82 Å². The second kappa shape index (κ2) is 9.07. The van der Waals surface area contributed by atoms with Gasteiger partial charge in [0.05, 0.1) is 11.8 Å². The molecule has 2 atom stereocenters. The summed E-state index contributed by atoms with van der Waals surface area (Å²) >= 11 is 0. The van der Waals surface area contributed by atoms with E-state index < -0.39 is 23.9 Å². The van der Waals surface area contributed by atoms with E-state index in [2.05, 4.69) is 6.58 Å². The number of aliphatic hydroxyl groups excluding tert-OH is 1. The summed E-state index contributed by atoms with van der Waals surface area (Å²) in [6.07, 6.45) is -1.77. The third kappa shape index (κ3) is 4.75. The molecule has 4 rings (SSSR count). The third-order valence-electron chi connectivity index (χ3n) is 5.48. The lowest BCUT2D eigenvalue weighted by molar-refractivity contribution is -0.570. The molecule has 33 heavy (non-hydrogen) atoms. The predicted molar refractivity (Wildman–Crippen MR) is 116 cm³/mol. The maximum absolute atomic E-state index is 12.8. The minimum atomic E-state index is -4.40. The molecule has 0 saturated heterocycles. The Bertz CT molecular complexity index is 1140. The lowest BCUT2D eigenvalue weighted by atomic mass is 9.98. The highest BCUT2D eigenvalue weighted by Crippen LogP contribution is 2.32. The van der Waals surface area contributed by atoms with E-state index in [0.29, 0.717) is 30.3 Å². The second-order valence-electron chi connectivity index (χ2n) is 7.71. The van der Waals surface area contributed by atoms with Crippen molar-refractivity contribution >= 4 is 11.7 Å². The van der Waals surface area contributed by atoms with Gasteiger partial charge < -0.3 is 9.84 Å². The molecule has 170 valence electrons. The molecule has 3 aromatic rings. The Kier molecular flexibility index (Phi) is 6.20. The van der Waals surface area contributed by atoms with Crippen LogP contribution in [0.25, 0.3) is 0 Å². The number of ether oxygens (including phenoxy) is 1. The molecule has 0 aliphatic carbocycles. The molecule has 0 saturated carbocycles. The number of anilines is 1. The van der Waals surface area contributed by atoms with Gasteiger partial charge in [0, 0.05) is 6.07 Å². The molecule has 0 fully saturated rings. The molecular formula is C25H22F3N2O3+. The third-order valence-corrected chi connectivity index (χ3v) is 5.48. The Morgan fingerprint density at radius 2 is 1.67 bits per heavy atom. The standard InChI is InChI=1S/C25H22F3N2O3/c1-2-5-21-23(31)29-15-4-3-6-22(29)30(24(21)32)16-17-7-11-19(12-8-17)33-20-13-9-18(10-14-20)25(26,27)28/h2-4,6-15,21,24,32H,1,5,16H2/q+1. The summed E-state index contributed by atoms with van der Waals surface area (Å²) < 4.78 is 45.3. The van der Waals surface area contributed by atoms with Crippen LogP contribution in [0.3, 0.4) is 0 Å². The second-order valence-corrected chi connectivity index (χ2v) is 7.71. The normalized spacial score (nSPS) is 18.1. The number of carbonyl (C=O) groups excluding carboxylic acids is 1. The number of carbonyl (C=O) groups is 1. The number of allylic oxidation sites excluding steroid dienone is 1. The zero-order valence-electron chi connectivity index (χ0n) is 17.6. The Morgan fingerprint density at radius 1 is 1.03 bits per heavy atom. The highest BCUT2D eigenvalue weighted by Gasteiger charge is 2.45. The number of hydrogen-bond acceptors (Lipinski definition) is 4. The number of aromatic nitrogens is 1. The Hall–Kier alpha value is -3.65. The van der Waals surface area contributed by atoms with Crippen molar-refractivity contribution in [1.29, 1.82) is 0 Å². The molecule has 1 aromatic heterocycles. The number of alkyl halides is 3. The lowest BCUT2D eigenvalue weighted by Gasteiger charge is -2.32. The fourth-order valence-electron chi connectivity index (χ4n) is 3.80. The quantitative estimate of drug-likeness (QED) is 0.422. The van der Waals surface area contributed by atoms with E-state index in [9.17, 15) is 23.1 Å². The van der Waals surface area contributed by atoms with Gasteiger partial charge >= 0.3 is 12.1 Å². The van der Waals surface area contributed by atoms with Crippen LogP contribution in [-0.4, -0.2) is 17.2 Å². The summed E-state index contributed by atoms with van der Waals surface area (Å²) in [6, 6.07) is 16.8. The van der Waals surface area contributed by atoms with Gasteiger partial charge in [-0.2, -0.15) is 17.7 Å². The maximum Gasteiger partial charge on any atom is 0.416 e. The van der Waals surface area contributed by atoms with E-state index in [1.807, 2.05) is 0 Å². The van der Waals surface area contributed by atoms with Crippen LogP contribution in [0.1, 0.15) is 22.3 Å². The topological polar surface area (TPSA) is 53.7 Å². The molecule has 0 spiro atoms. The first-order chi connectivity index (χ1) is 15.8. The molecule has 0 radical (unpaired) electrons. The van der Waals surface area contributed by atoms with Gasteiger partial charge in [-0.05, 0) is 54.4 Å². The molecule has 2 heterocycles.